The van der Waals surface area contributed by atoms with Crippen LogP contribution in [-0.4, -0.2) is 0 Å². The second-order valence-corrected chi connectivity index (χ2v) is 2.81. The maximum atomic E-state index is 3.39. The second-order valence-electron chi connectivity index (χ2n) is 2.81. The Balaban J connectivity index is 2.65. The van der Waals surface area contributed by atoms with Crippen molar-refractivity contribution in [1.82, 2.24) is 0 Å². The van der Waals surface area contributed by atoms with Crippen molar-refractivity contribution in [2.75, 3.05) is 0 Å². The lowest BCUT2D eigenvalue weighted by atomic mass is 10.1. The van der Waals surface area contributed by atoms with Crippen LogP contribution < -0.4 is 0 Å². The van der Waals surface area contributed by atoms with Crippen LogP contribution in [0.4, 0.5) is 0 Å². The molecule has 0 bridgehead atoms. The van der Waals surface area contributed by atoms with Crippen molar-refractivity contribution < 1.29 is 0 Å². The molecule has 0 aliphatic carbocycles. The van der Waals surface area contributed by atoms with Gasteiger partial charge in [-0.05, 0) is 19.3 Å². The number of hydrogen-bond donors (Lipinski definition) is 0. The van der Waals surface area contributed by atoms with E-state index in [2.05, 4.69) is 20.3 Å². The van der Waals surface area contributed by atoms with Crippen LogP contribution in [0.15, 0.2) is 0 Å². The molecule has 0 amide bonds. The van der Waals surface area contributed by atoms with Crippen molar-refractivity contribution in [3.05, 3.63) is 6.42 Å². The zero-order chi connectivity index (χ0) is 7.66. The van der Waals surface area contributed by atoms with E-state index in [4.69, 9.17) is 0 Å². The first kappa shape index (κ1) is 10.0. The van der Waals surface area contributed by atoms with Crippen LogP contribution in [0.5, 0.6) is 0 Å². The molecule has 0 aliphatic rings. The molecule has 0 nitrogen and oxygen atoms in total. The van der Waals surface area contributed by atoms with Gasteiger partial charge >= 0.3 is 0 Å². The molecule has 2 radical (unpaired) electrons. The summed E-state index contributed by atoms with van der Waals surface area (Å²) >= 11 is 0. The standard InChI is InChI=1S/C10H20/c1-3-5-7-9-10-8-6-4-2/h3-7,9-10H2,1-2H3. The highest BCUT2D eigenvalue weighted by Gasteiger charge is 1.88. The van der Waals surface area contributed by atoms with E-state index in [9.17, 15) is 0 Å². The van der Waals surface area contributed by atoms with Gasteiger partial charge in [0.05, 0.1) is 0 Å². The first-order valence-electron chi connectivity index (χ1n) is 4.62. The summed E-state index contributed by atoms with van der Waals surface area (Å²) in [4.78, 5) is 0. The van der Waals surface area contributed by atoms with Gasteiger partial charge in [0.1, 0.15) is 0 Å². The molecule has 0 saturated carbocycles. The number of hydrogen-bond acceptors (Lipinski definition) is 0. The van der Waals surface area contributed by atoms with E-state index >= 15 is 0 Å². The van der Waals surface area contributed by atoms with E-state index in [0.717, 1.165) is 0 Å². The van der Waals surface area contributed by atoms with Crippen molar-refractivity contribution in [2.45, 2.75) is 58.8 Å². The summed E-state index contributed by atoms with van der Waals surface area (Å²) in [5.74, 6) is 0. The minimum Gasteiger partial charge on any atom is -0.0654 e. The van der Waals surface area contributed by atoms with Gasteiger partial charge in [-0.25, -0.2) is 0 Å². The molecule has 0 fully saturated rings. The molecule has 0 unspecified atom stereocenters. The van der Waals surface area contributed by atoms with Gasteiger partial charge in [0, 0.05) is 0 Å². The zero-order valence-corrected chi connectivity index (χ0v) is 7.45. The Morgan fingerprint density at radius 3 is 2.20 bits per heavy atom. The lowest BCUT2D eigenvalue weighted by Crippen LogP contribution is -1.78. The van der Waals surface area contributed by atoms with Crippen LogP contribution in [0.2, 0.25) is 0 Å². The molecule has 0 aromatic carbocycles. The Bertz CT molecular complexity index is 40.0. The van der Waals surface area contributed by atoms with Crippen LogP contribution in [-0.2, 0) is 0 Å². The van der Waals surface area contributed by atoms with E-state index in [1.807, 2.05) is 0 Å². The van der Waals surface area contributed by atoms with Gasteiger partial charge in [-0.1, -0.05) is 46.0 Å². The van der Waals surface area contributed by atoms with Crippen LogP contribution in [0, 0.1) is 6.42 Å². The van der Waals surface area contributed by atoms with Gasteiger partial charge in [-0.3, -0.25) is 0 Å². The third-order valence-electron chi connectivity index (χ3n) is 1.63. The molecule has 0 heterocycles. The first-order valence-corrected chi connectivity index (χ1v) is 4.62. The van der Waals surface area contributed by atoms with Crippen molar-refractivity contribution in [2.24, 2.45) is 0 Å². The van der Waals surface area contributed by atoms with E-state index < -0.39 is 0 Å². The van der Waals surface area contributed by atoms with E-state index in [1.54, 1.807) is 0 Å². The lowest BCUT2D eigenvalue weighted by Gasteiger charge is -1.96. The molecule has 0 aromatic rings. The van der Waals surface area contributed by atoms with Gasteiger partial charge in [0.15, 0.2) is 0 Å². The fourth-order valence-electron chi connectivity index (χ4n) is 0.979. The molecule has 0 atom stereocenters. The molecule has 0 spiro atoms. The molecule has 0 N–H and O–H groups in total. The SMILES string of the molecule is CCC[C]CCCCCC. The molecule has 60 valence electrons. The van der Waals surface area contributed by atoms with E-state index in [-0.39, 0.29) is 0 Å². The summed E-state index contributed by atoms with van der Waals surface area (Å²) in [6.07, 6.45) is 12.5. The molecule has 0 aliphatic heterocycles. The average molecular weight is 140 g/mol. The highest BCUT2D eigenvalue weighted by Crippen LogP contribution is 2.06. The van der Waals surface area contributed by atoms with Crippen LogP contribution >= 0.6 is 0 Å². The molecule has 0 aromatic heterocycles. The third kappa shape index (κ3) is 8.00. The molecular weight excluding hydrogens is 120 g/mol. The Kier molecular flexibility index (Phi) is 9.00. The largest absolute Gasteiger partial charge is 0.0654 e. The summed E-state index contributed by atoms with van der Waals surface area (Å²) in [7, 11) is 0. The highest BCUT2D eigenvalue weighted by molar-refractivity contribution is 4.62. The minimum absolute atomic E-state index is 1.19. The lowest BCUT2D eigenvalue weighted by molar-refractivity contribution is 0.649. The topological polar surface area (TPSA) is 0 Å². The smallest absolute Gasteiger partial charge is 0.0174 e. The summed E-state index contributed by atoms with van der Waals surface area (Å²) in [5.41, 5.74) is 0. The first-order chi connectivity index (χ1) is 4.91. The average Bonchev–Trinajstić information content (AvgIpc) is 1.97. The predicted octanol–water partition coefficient (Wildman–Crippen LogP) is 3.84. The Morgan fingerprint density at radius 1 is 0.800 bits per heavy atom. The Morgan fingerprint density at radius 2 is 1.60 bits per heavy atom. The van der Waals surface area contributed by atoms with Crippen molar-refractivity contribution in [3.63, 3.8) is 0 Å². The normalized spacial score (nSPS) is 10.2. The fourth-order valence-corrected chi connectivity index (χ4v) is 0.979. The van der Waals surface area contributed by atoms with E-state index in [1.165, 1.54) is 44.9 Å². The Hall–Kier alpha value is 0. The van der Waals surface area contributed by atoms with Gasteiger partial charge in [0.25, 0.3) is 0 Å². The van der Waals surface area contributed by atoms with Crippen molar-refractivity contribution in [3.8, 4) is 0 Å². The number of rotatable bonds is 7. The van der Waals surface area contributed by atoms with E-state index in [0.29, 0.717) is 0 Å². The number of unbranched alkanes of at least 4 members (excludes halogenated alkanes) is 7. The highest BCUT2D eigenvalue weighted by atomic mass is 13.9. The zero-order valence-electron chi connectivity index (χ0n) is 7.45. The van der Waals surface area contributed by atoms with Gasteiger partial charge in [0.2, 0.25) is 0 Å². The van der Waals surface area contributed by atoms with Crippen LogP contribution in [0.1, 0.15) is 58.8 Å². The summed E-state index contributed by atoms with van der Waals surface area (Å²) < 4.78 is 0. The molecular formula is C10H20. The maximum absolute atomic E-state index is 3.39. The van der Waals surface area contributed by atoms with Gasteiger partial charge in [-0.15, -0.1) is 0 Å². The summed E-state index contributed by atoms with van der Waals surface area (Å²) in [5, 5.41) is 0. The summed E-state index contributed by atoms with van der Waals surface area (Å²) in [6, 6.07) is 0. The van der Waals surface area contributed by atoms with Crippen LogP contribution in [0.3, 0.4) is 0 Å². The third-order valence-corrected chi connectivity index (χ3v) is 1.63. The molecule has 0 heteroatoms. The molecule has 0 saturated heterocycles. The molecule has 0 rings (SSSR count). The molecule has 10 heavy (non-hydrogen) atoms. The summed E-state index contributed by atoms with van der Waals surface area (Å²) in [6.45, 7) is 4.46. The quantitative estimate of drug-likeness (QED) is 0.471. The monoisotopic (exact) mass is 140 g/mol. The second kappa shape index (κ2) is 9.00. The predicted molar refractivity (Wildman–Crippen MR) is 46.9 cm³/mol. The minimum atomic E-state index is 1.19. The van der Waals surface area contributed by atoms with Crippen molar-refractivity contribution >= 4 is 0 Å². The maximum Gasteiger partial charge on any atom is -0.0174 e. The fraction of sp³-hybridized carbons (Fsp3) is 0.900. The van der Waals surface area contributed by atoms with Crippen molar-refractivity contribution in [1.29, 1.82) is 0 Å². The van der Waals surface area contributed by atoms with Gasteiger partial charge in [-0.2, -0.15) is 0 Å². The van der Waals surface area contributed by atoms with Crippen LogP contribution in [0.25, 0.3) is 0 Å². The Labute approximate surface area is 66.0 Å². The van der Waals surface area contributed by atoms with Gasteiger partial charge < -0.3 is 0 Å².